The van der Waals surface area contributed by atoms with E-state index in [2.05, 4.69) is 10.1 Å². The SMILES string of the molecule is Cc1noc(C)c1CSc1nc2ccccc2c(=O)n1Cc1ccccn1. The van der Waals surface area contributed by atoms with Gasteiger partial charge in [0.05, 0.1) is 28.8 Å². The van der Waals surface area contributed by atoms with Gasteiger partial charge in [0.25, 0.3) is 5.56 Å². The van der Waals surface area contributed by atoms with E-state index in [0.717, 1.165) is 22.7 Å². The molecule has 7 heteroatoms. The van der Waals surface area contributed by atoms with Crippen molar-refractivity contribution < 1.29 is 4.52 Å². The van der Waals surface area contributed by atoms with E-state index >= 15 is 0 Å². The van der Waals surface area contributed by atoms with Crippen molar-refractivity contribution in [1.82, 2.24) is 19.7 Å². The Kier molecular flexibility index (Phi) is 4.77. The first kappa shape index (κ1) is 17.5. The molecule has 3 heterocycles. The molecule has 0 amide bonds. The molecule has 4 rings (SSSR count). The summed E-state index contributed by atoms with van der Waals surface area (Å²) in [6.07, 6.45) is 1.73. The van der Waals surface area contributed by atoms with Gasteiger partial charge in [0.2, 0.25) is 0 Å². The molecule has 0 radical (unpaired) electrons. The van der Waals surface area contributed by atoms with Crippen LogP contribution in [0.5, 0.6) is 0 Å². The average Bonchev–Trinajstić information content (AvgIpc) is 3.01. The van der Waals surface area contributed by atoms with Gasteiger partial charge in [-0.2, -0.15) is 0 Å². The molecule has 0 fully saturated rings. The number of rotatable bonds is 5. The van der Waals surface area contributed by atoms with Crippen LogP contribution >= 0.6 is 11.8 Å². The van der Waals surface area contributed by atoms with Crippen LogP contribution in [0, 0.1) is 13.8 Å². The van der Waals surface area contributed by atoms with Gasteiger partial charge in [-0.1, -0.05) is 35.1 Å². The number of fused-ring (bicyclic) bond motifs is 1. The van der Waals surface area contributed by atoms with E-state index in [-0.39, 0.29) is 5.56 Å². The Morgan fingerprint density at radius 3 is 2.67 bits per heavy atom. The molecule has 0 unspecified atom stereocenters. The molecule has 0 bridgehead atoms. The molecule has 6 nitrogen and oxygen atoms in total. The van der Waals surface area contributed by atoms with Crippen molar-refractivity contribution >= 4 is 22.7 Å². The highest BCUT2D eigenvalue weighted by Crippen LogP contribution is 2.25. The maximum absolute atomic E-state index is 13.1. The van der Waals surface area contributed by atoms with Crippen molar-refractivity contribution in [3.05, 3.63) is 81.7 Å². The minimum Gasteiger partial charge on any atom is -0.361 e. The molecule has 0 spiro atoms. The standard InChI is InChI=1S/C20H18N4O2S/c1-13-17(14(2)26-23-13)12-27-20-22-18-9-4-3-8-16(18)19(25)24(20)11-15-7-5-6-10-21-15/h3-10H,11-12H2,1-2H3. The first-order chi connectivity index (χ1) is 13.1. The van der Waals surface area contributed by atoms with E-state index in [0.29, 0.717) is 28.4 Å². The summed E-state index contributed by atoms with van der Waals surface area (Å²) in [5.74, 6) is 1.42. The second-order valence-electron chi connectivity index (χ2n) is 6.22. The van der Waals surface area contributed by atoms with Crippen molar-refractivity contribution in [3.63, 3.8) is 0 Å². The predicted octanol–water partition coefficient (Wildman–Crippen LogP) is 3.74. The maximum Gasteiger partial charge on any atom is 0.262 e. The van der Waals surface area contributed by atoms with Crippen LogP contribution in [0.4, 0.5) is 0 Å². The van der Waals surface area contributed by atoms with Crippen molar-refractivity contribution in [2.45, 2.75) is 31.3 Å². The molecule has 4 aromatic rings. The van der Waals surface area contributed by atoms with Gasteiger partial charge in [-0.15, -0.1) is 0 Å². The first-order valence-electron chi connectivity index (χ1n) is 8.57. The molecule has 0 saturated carbocycles. The van der Waals surface area contributed by atoms with Crippen LogP contribution in [0.25, 0.3) is 10.9 Å². The highest BCUT2D eigenvalue weighted by atomic mass is 32.2. The number of benzene rings is 1. The monoisotopic (exact) mass is 378 g/mol. The molecule has 3 aromatic heterocycles. The Morgan fingerprint density at radius 2 is 1.93 bits per heavy atom. The minimum absolute atomic E-state index is 0.0625. The van der Waals surface area contributed by atoms with Gasteiger partial charge in [0.15, 0.2) is 5.16 Å². The lowest BCUT2D eigenvalue weighted by Crippen LogP contribution is -2.24. The molecule has 0 aliphatic heterocycles. The minimum atomic E-state index is -0.0625. The average molecular weight is 378 g/mol. The largest absolute Gasteiger partial charge is 0.361 e. The second-order valence-corrected chi connectivity index (χ2v) is 7.16. The summed E-state index contributed by atoms with van der Waals surface area (Å²) in [4.78, 5) is 22.2. The van der Waals surface area contributed by atoms with Crippen LogP contribution in [0.15, 0.2) is 63.1 Å². The van der Waals surface area contributed by atoms with Crippen molar-refractivity contribution in [2.75, 3.05) is 0 Å². The Labute approximate surface area is 160 Å². The topological polar surface area (TPSA) is 73.8 Å². The fraction of sp³-hybridized carbons (Fsp3) is 0.200. The molecule has 0 atom stereocenters. The molecule has 0 aliphatic rings. The number of aromatic nitrogens is 4. The summed E-state index contributed by atoms with van der Waals surface area (Å²) in [5.41, 5.74) is 3.34. The van der Waals surface area contributed by atoms with Crippen LogP contribution in [-0.2, 0) is 12.3 Å². The van der Waals surface area contributed by atoms with Crippen LogP contribution in [-0.4, -0.2) is 19.7 Å². The van der Waals surface area contributed by atoms with E-state index in [9.17, 15) is 4.79 Å². The van der Waals surface area contributed by atoms with Crippen LogP contribution in [0.2, 0.25) is 0 Å². The fourth-order valence-corrected chi connectivity index (χ4v) is 4.05. The lowest BCUT2D eigenvalue weighted by molar-refractivity contribution is 0.392. The Balaban J connectivity index is 1.77. The van der Waals surface area contributed by atoms with Gasteiger partial charge in [-0.3, -0.25) is 14.3 Å². The van der Waals surface area contributed by atoms with Gasteiger partial charge in [0.1, 0.15) is 5.76 Å². The van der Waals surface area contributed by atoms with Crippen molar-refractivity contribution in [2.24, 2.45) is 0 Å². The zero-order chi connectivity index (χ0) is 18.8. The number of pyridine rings is 1. The quantitative estimate of drug-likeness (QED) is 0.389. The van der Waals surface area contributed by atoms with Crippen LogP contribution < -0.4 is 5.56 Å². The lowest BCUT2D eigenvalue weighted by Gasteiger charge is -2.13. The van der Waals surface area contributed by atoms with Crippen LogP contribution in [0.3, 0.4) is 0 Å². The van der Waals surface area contributed by atoms with E-state index in [1.54, 1.807) is 10.8 Å². The normalized spacial score (nSPS) is 11.2. The van der Waals surface area contributed by atoms with E-state index < -0.39 is 0 Å². The Morgan fingerprint density at radius 1 is 1.11 bits per heavy atom. The first-order valence-corrected chi connectivity index (χ1v) is 9.56. The summed E-state index contributed by atoms with van der Waals surface area (Å²) < 4.78 is 6.93. The summed E-state index contributed by atoms with van der Waals surface area (Å²) in [5, 5.41) is 5.26. The number of thioether (sulfide) groups is 1. The van der Waals surface area contributed by atoms with Gasteiger partial charge in [-0.25, -0.2) is 4.98 Å². The van der Waals surface area contributed by atoms with E-state index in [4.69, 9.17) is 9.51 Å². The highest BCUT2D eigenvalue weighted by molar-refractivity contribution is 7.98. The molecule has 0 saturated heterocycles. The molecule has 0 N–H and O–H groups in total. The summed E-state index contributed by atoms with van der Waals surface area (Å²) in [7, 11) is 0. The van der Waals surface area contributed by atoms with Gasteiger partial charge in [-0.05, 0) is 38.1 Å². The number of hydrogen-bond donors (Lipinski definition) is 0. The third-order valence-electron chi connectivity index (χ3n) is 4.40. The molecule has 1 aromatic carbocycles. The Hall–Kier alpha value is -2.93. The number of para-hydroxylation sites is 1. The van der Waals surface area contributed by atoms with Crippen LogP contribution in [0.1, 0.15) is 22.7 Å². The third kappa shape index (κ3) is 3.50. The maximum atomic E-state index is 13.1. The number of hydrogen-bond acceptors (Lipinski definition) is 6. The van der Waals surface area contributed by atoms with Gasteiger partial charge < -0.3 is 4.52 Å². The third-order valence-corrected chi connectivity index (χ3v) is 5.40. The zero-order valence-electron chi connectivity index (χ0n) is 15.0. The fourth-order valence-electron chi connectivity index (χ4n) is 2.90. The molecular formula is C20H18N4O2S. The summed E-state index contributed by atoms with van der Waals surface area (Å²) in [6, 6.07) is 13.1. The molecule has 0 aliphatic carbocycles. The molecule has 27 heavy (non-hydrogen) atoms. The zero-order valence-corrected chi connectivity index (χ0v) is 15.9. The number of nitrogens with zero attached hydrogens (tertiary/aromatic N) is 4. The molecule has 136 valence electrons. The summed E-state index contributed by atoms with van der Waals surface area (Å²) >= 11 is 1.51. The Bertz CT molecular complexity index is 1130. The predicted molar refractivity (Wildman–Crippen MR) is 105 cm³/mol. The summed E-state index contributed by atoms with van der Waals surface area (Å²) in [6.45, 7) is 4.19. The smallest absolute Gasteiger partial charge is 0.262 e. The van der Waals surface area contributed by atoms with Crippen molar-refractivity contribution in [1.29, 1.82) is 0 Å². The molecular weight excluding hydrogens is 360 g/mol. The number of aryl methyl sites for hydroxylation is 2. The van der Waals surface area contributed by atoms with Crippen molar-refractivity contribution in [3.8, 4) is 0 Å². The lowest BCUT2D eigenvalue weighted by atomic mass is 10.2. The highest BCUT2D eigenvalue weighted by Gasteiger charge is 2.15. The second kappa shape index (κ2) is 7.36. The van der Waals surface area contributed by atoms with Gasteiger partial charge >= 0.3 is 0 Å². The van der Waals surface area contributed by atoms with E-state index in [1.807, 2.05) is 56.3 Å². The van der Waals surface area contributed by atoms with E-state index in [1.165, 1.54) is 11.8 Å². The van der Waals surface area contributed by atoms with Gasteiger partial charge in [0, 0.05) is 17.5 Å².